The van der Waals surface area contributed by atoms with Crippen molar-refractivity contribution >= 4 is 0 Å². The van der Waals surface area contributed by atoms with Crippen molar-refractivity contribution in [3.8, 4) is 0 Å². The minimum absolute atomic E-state index is 0.698. The first-order valence-corrected chi connectivity index (χ1v) is 6.45. The summed E-state index contributed by atoms with van der Waals surface area (Å²) in [5.41, 5.74) is 0. The van der Waals surface area contributed by atoms with Crippen LogP contribution in [0.5, 0.6) is 0 Å². The van der Waals surface area contributed by atoms with Crippen molar-refractivity contribution in [1.82, 2.24) is 10.2 Å². The van der Waals surface area contributed by atoms with Crippen molar-refractivity contribution in [3.63, 3.8) is 0 Å². The number of hydrogen-bond donors (Lipinski definition) is 1. The van der Waals surface area contributed by atoms with E-state index in [1.54, 1.807) is 0 Å². The van der Waals surface area contributed by atoms with Gasteiger partial charge in [-0.05, 0) is 32.4 Å². The van der Waals surface area contributed by atoms with Crippen LogP contribution >= 0.6 is 0 Å². The molecule has 3 heteroatoms. The number of ether oxygens (including phenoxy) is 1. The van der Waals surface area contributed by atoms with Crippen LogP contribution in [-0.2, 0) is 4.74 Å². The van der Waals surface area contributed by atoms with E-state index >= 15 is 0 Å². The fraction of sp³-hybridized carbons (Fsp3) is 1.00. The van der Waals surface area contributed by atoms with Gasteiger partial charge in [-0.3, -0.25) is 4.90 Å². The van der Waals surface area contributed by atoms with Gasteiger partial charge in [0.1, 0.15) is 0 Å². The summed E-state index contributed by atoms with van der Waals surface area (Å²) < 4.78 is 5.48. The van der Waals surface area contributed by atoms with Crippen LogP contribution in [-0.4, -0.2) is 49.8 Å². The Morgan fingerprint density at radius 2 is 2.40 bits per heavy atom. The van der Waals surface area contributed by atoms with Crippen molar-refractivity contribution in [2.75, 3.05) is 32.8 Å². The van der Waals surface area contributed by atoms with E-state index in [1.807, 2.05) is 0 Å². The molecule has 0 spiro atoms. The Morgan fingerprint density at radius 1 is 1.47 bits per heavy atom. The summed E-state index contributed by atoms with van der Waals surface area (Å²) in [4.78, 5) is 2.65. The molecule has 0 amide bonds. The molecule has 2 aliphatic rings. The van der Waals surface area contributed by atoms with Crippen molar-refractivity contribution in [3.05, 3.63) is 0 Å². The molecule has 2 fully saturated rings. The van der Waals surface area contributed by atoms with E-state index in [2.05, 4.69) is 17.1 Å². The van der Waals surface area contributed by atoms with E-state index in [0.717, 1.165) is 13.2 Å². The van der Waals surface area contributed by atoms with Gasteiger partial charge in [-0.15, -0.1) is 0 Å². The molecule has 0 aromatic rings. The summed E-state index contributed by atoms with van der Waals surface area (Å²) in [7, 11) is 0. The van der Waals surface area contributed by atoms with Gasteiger partial charge in [0.05, 0.1) is 6.61 Å². The van der Waals surface area contributed by atoms with Gasteiger partial charge in [-0.2, -0.15) is 0 Å². The second-order valence-corrected chi connectivity index (χ2v) is 4.81. The fourth-order valence-corrected chi connectivity index (χ4v) is 2.71. The monoisotopic (exact) mass is 212 g/mol. The highest BCUT2D eigenvalue weighted by atomic mass is 16.5. The quantitative estimate of drug-likeness (QED) is 0.762. The first-order chi connectivity index (χ1) is 7.40. The lowest BCUT2D eigenvalue weighted by Crippen LogP contribution is -2.42. The largest absolute Gasteiger partial charge is 0.380 e. The van der Waals surface area contributed by atoms with Crippen LogP contribution in [0.2, 0.25) is 0 Å². The lowest BCUT2D eigenvalue weighted by Gasteiger charge is -2.28. The van der Waals surface area contributed by atoms with Crippen molar-refractivity contribution in [2.45, 2.75) is 44.7 Å². The Kier molecular flexibility index (Phi) is 4.42. The van der Waals surface area contributed by atoms with Crippen LogP contribution in [0.15, 0.2) is 0 Å². The Bertz CT molecular complexity index is 180. The molecule has 0 radical (unpaired) electrons. The first kappa shape index (κ1) is 11.4. The zero-order valence-corrected chi connectivity index (χ0v) is 9.87. The predicted molar refractivity (Wildman–Crippen MR) is 62.1 cm³/mol. The van der Waals surface area contributed by atoms with Gasteiger partial charge in [-0.25, -0.2) is 0 Å². The Hall–Kier alpha value is -0.120. The third kappa shape index (κ3) is 3.16. The molecule has 88 valence electrons. The van der Waals surface area contributed by atoms with Crippen LogP contribution < -0.4 is 5.32 Å². The maximum absolute atomic E-state index is 5.48. The highest BCUT2D eigenvalue weighted by Gasteiger charge is 2.26. The zero-order valence-electron chi connectivity index (χ0n) is 9.87. The van der Waals surface area contributed by atoms with Gasteiger partial charge < -0.3 is 10.1 Å². The standard InChI is InChI=1S/C12H24N2O/c1-2-4-11-9-14(7-3-6-13-11)12-5-8-15-10-12/h11-13H,2-10H2,1H3. The Morgan fingerprint density at radius 3 is 3.13 bits per heavy atom. The summed E-state index contributed by atoms with van der Waals surface area (Å²) in [5, 5.41) is 3.65. The van der Waals surface area contributed by atoms with Crippen molar-refractivity contribution in [1.29, 1.82) is 0 Å². The van der Waals surface area contributed by atoms with Gasteiger partial charge in [0.2, 0.25) is 0 Å². The molecule has 0 aromatic heterocycles. The molecule has 2 heterocycles. The molecule has 3 nitrogen and oxygen atoms in total. The molecular weight excluding hydrogens is 188 g/mol. The summed E-state index contributed by atoms with van der Waals surface area (Å²) in [6.45, 7) is 7.86. The lowest BCUT2D eigenvalue weighted by atomic mass is 10.1. The topological polar surface area (TPSA) is 24.5 Å². The maximum atomic E-state index is 5.48. The van der Waals surface area contributed by atoms with E-state index in [0.29, 0.717) is 12.1 Å². The first-order valence-electron chi connectivity index (χ1n) is 6.45. The maximum Gasteiger partial charge on any atom is 0.0622 e. The molecule has 2 unspecified atom stereocenters. The summed E-state index contributed by atoms with van der Waals surface area (Å²) in [6, 6.07) is 1.40. The number of nitrogens with zero attached hydrogens (tertiary/aromatic N) is 1. The SMILES string of the molecule is CCCC1CN(C2CCOC2)CCCN1. The highest BCUT2D eigenvalue weighted by Crippen LogP contribution is 2.15. The summed E-state index contributed by atoms with van der Waals surface area (Å²) in [5.74, 6) is 0. The van der Waals surface area contributed by atoms with Gasteiger partial charge >= 0.3 is 0 Å². The van der Waals surface area contributed by atoms with E-state index < -0.39 is 0 Å². The molecular formula is C12H24N2O. The van der Waals surface area contributed by atoms with E-state index in [9.17, 15) is 0 Å². The molecule has 0 saturated carbocycles. The van der Waals surface area contributed by atoms with Crippen molar-refractivity contribution in [2.24, 2.45) is 0 Å². The average molecular weight is 212 g/mol. The van der Waals surface area contributed by atoms with Gasteiger partial charge in [0.25, 0.3) is 0 Å². The molecule has 2 saturated heterocycles. The van der Waals surface area contributed by atoms with Gasteiger partial charge in [-0.1, -0.05) is 13.3 Å². The summed E-state index contributed by atoms with van der Waals surface area (Å²) >= 11 is 0. The van der Waals surface area contributed by atoms with Crippen LogP contribution in [0.25, 0.3) is 0 Å². The smallest absolute Gasteiger partial charge is 0.0622 e. The van der Waals surface area contributed by atoms with Crippen LogP contribution in [0, 0.1) is 0 Å². The van der Waals surface area contributed by atoms with Gasteiger partial charge in [0, 0.05) is 25.2 Å². The second kappa shape index (κ2) is 5.83. The van der Waals surface area contributed by atoms with E-state index in [1.165, 1.54) is 45.3 Å². The van der Waals surface area contributed by atoms with Crippen LogP contribution in [0.3, 0.4) is 0 Å². The molecule has 15 heavy (non-hydrogen) atoms. The molecule has 0 aliphatic carbocycles. The molecule has 1 N–H and O–H groups in total. The van der Waals surface area contributed by atoms with Gasteiger partial charge in [0.15, 0.2) is 0 Å². The minimum atomic E-state index is 0.698. The van der Waals surface area contributed by atoms with E-state index in [4.69, 9.17) is 4.74 Å². The molecule has 2 atom stereocenters. The minimum Gasteiger partial charge on any atom is -0.380 e. The number of hydrogen-bond acceptors (Lipinski definition) is 3. The highest BCUT2D eigenvalue weighted by molar-refractivity contribution is 4.82. The fourth-order valence-electron chi connectivity index (χ4n) is 2.71. The van der Waals surface area contributed by atoms with Crippen molar-refractivity contribution < 1.29 is 4.74 Å². The van der Waals surface area contributed by atoms with Crippen LogP contribution in [0.4, 0.5) is 0 Å². The molecule has 0 bridgehead atoms. The predicted octanol–water partition coefficient (Wildman–Crippen LogP) is 1.24. The number of nitrogens with one attached hydrogen (secondary N) is 1. The Balaban J connectivity index is 1.86. The van der Waals surface area contributed by atoms with E-state index in [-0.39, 0.29) is 0 Å². The average Bonchev–Trinajstić information content (AvgIpc) is 2.67. The molecule has 0 aromatic carbocycles. The molecule has 2 aliphatic heterocycles. The lowest BCUT2D eigenvalue weighted by molar-refractivity contribution is 0.141. The zero-order chi connectivity index (χ0) is 10.5. The number of rotatable bonds is 3. The third-order valence-electron chi connectivity index (χ3n) is 3.57. The second-order valence-electron chi connectivity index (χ2n) is 4.81. The Labute approximate surface area is 93.2 Å². The van der Waals surface area contributed by atoms with Crippen LogP contribution in [0.1, 0.15) is 32.6 Å². The normalized spacial score (nSPS) is 34.2. The molecule has 2 rings (SSSR count). The third-order valence-corrected chi connectivity index (χ3v) is 3.57. The summed E-state index contributed by atoms with van der Waals surface area (Å²) in [6.07, 6.45) is 5.12.